The fourth-order valence-corrected chi connectivity index (χ4v) is 4.09. The fraction of sp³-hybridized carbons (Fsp3) is 0.600. The average Bonchev–Trinajstić information content (AvgIpc) is 3.01. The van der Waals surface area contributed by atoms with Gasteiger partial charge in [0.25, 0.3) is 0 Å². The van der Waals surface area contributed by atoms with Gasteiger partial charge < -0.3 is 10.2 Å². The number of thiophene rings is 1. The molecular formula is C15H20N2O2S. The zero-order valence-electron chi connectivity index (χ0n) is 11.8. The molecule has 20 heavy (non-hydrogen) atoms. The Morgan fingerprint density at radius 2 is 2.05 bits per heavy atom. The summed E-state index contributed by atoms with van der Waals surface area (Å²) < 4.78 is 0. The summed E-state index contributed by atoms with van der Waals surface area (Å²) in [6, 6.07) is 0. The fourth-order valence-electron chi connectivity index (χ4n) is 3.25. The van der Waals surface area contributed by atoms with Crippen molar-refractivity contribution >= 4 is 23.2 Å². The van der Waals surface area contributed by atoms with Gasteiger partial charge in [0.15, 0.2) is 0 Å². The van der Waals surface area contributed by atoms with E-state index >= 15 is 0 Å². The lowest BCUT2D eigenvalue weighted by Crippen LogP contribution is -2.55. The molecule has 3 rings (SSSR count). The Bertz CT molecular complexity index is 532. The van der Waals surface area contributed by atoms with E-state index in [9.17, 15) is 9.59 Å². The molecule has 2 amide bonds. The minimum Gasteiger partial charge on any atom is -0.342 e. The topological polar surface area (TPSA) is 49.4 Å². The van der Waals surface area contributed by atoms with E-state index in [0.29, 0.717) is 19.5 Å². The number of nitrogens with one attached hydrogen (secondary N) is 1. The van der Waals surface area contributed by atoms with Crippen LogP contribution in [-0.4, -0.2) is 28.8 Å². The van der Waals surface area contributed by atoms with Crippen LogP contribution in [-0.2, 0) is 16.1 Å². The van der Waals surface area contributed by atoms with Crippen LogP contribution in [0.3, 0.4) is 0 Å². The molecule has 2 fully saturated rings. The smallest absolute Gasteiger partial charge is 0.248 e. The second-order valence-corrected chi connectivity index (χ2v) is 6.64. The Labute approximate surface area is 123 Å². The van der Waals surface area contributed by atoms with Gasteiger partial charge in [-0.1, -0.05) is 12.8 Å². The molecule has 2 aliphatic rings. The van der Waals surface area contributed by atoms with Crippen molar-refractivity contribution in [2.24, 2.45) is 0 Å². The largest absolute Gasteiger partial charge is 0.342 e. The van der Waals surface area contributed by atoms with Crippen molar-refractivity contribution < 1.29 is 9.59 Å². The van der Waals surface area contributed by atoms with Gasteiger partial charge in [-0.3, -0.25) is 9.59 Å². The molecule has 0 unspecified atom stereocenters. The van der Waals surface area contributed by atoms with Crippen LogP contribution in [0.5, 0.6) is 0 Å². The summed E-state index contributed by atoms with van der Waals surface area (Å²) in [7, 11) is 0. The van der Waals surface area contributed by atoms with Crippen LogP contribution in [0.15, 0.2) is 10.8 Å². The summed E-state index contributed by atoms with van der Waals surface area (Å²) in [5.41, 5.74) is 1.81. The van der Waals surface area contributed by atoms with Crippen molar-refractivity contribution in [2.45, 2.75) is 51.1 Å². The molecule has 1 aromatic rings. The molecule has 0 bridgehead atoms. The first-order valence-corrected chi connectivity index (χ1v) is 8.17. The van der Waals surface area contributed by atoms with Gasteiger partial charge >= 0.3 is 0 Å². The second kappa shape index (κ2) is 5.20. The van der Waals surface area contributed by atoms with Gasteiger partial charge in [0.1, 0.15) is 5.54 Å². The predicted molar refractivity (Wildman–Crippen MR) is 78.4 cm³/mol. The van der Waals surface area contributed by atoms with Gasteiger partial charge in [-0.15, -0.1) is 0 Å². The van der Waals surface area contributed by atoms with Crippen molar-refractivity contribution in [2.75, 3.05) is 6.54 Å². The normalized spacial score (nSPS) is 22.1. The van der Waals surface area contributed by atoms with E-state index in [1.165, 1.54) is 11.1 Å². The number of aryl methyl sites for hydroxylation is 1. The molecule has 0 radical (unpaired) electrons. The third-order valence-electron chi connectivity index (χ3n) is 4.46. The van der Waals surface area contributed by atoms with E-state index < -0.39 is 5.54 Å². The summed E-state index contributed by atoms with van der Waals surface area (Å²) >= 11 is 1.66. The third kappa shape index (κ3) is 2.35. The zero-order chi connectivity index (χ0) is 14.2. The number of carbonyl (C=O) groups excluding carboxylic acids is 2. The number of carbonyl (C=O) groups is 2. The summed E-state index contributed by atoms with van der Waals surface area (Å²) in [5, 5.41) is 7.21. The molecule has 1 N–H and O–H groups in total. The van der Waals surface area contributed by atoms with Crippen LogP contribution in [0.4, 0.5) is 0 Å². The van der Waals surface area contributed by atoms with Crippen molar-refractivity contribution in [3.8, 4) is 0 Å². The first-order valence-electron chi connectivity index (χ1n) is 7.23. The van der Waals surface area contributed by atoms with Crippen molar-refractivity contribution in [3.05, 3.63) is 21.9 Å². The predicted octanol–water partition coefficient (Wildman–Crippen LogP) is 2.22. The molecule has 1 spiro atoms. The molecule has 1 saturated heterocycles. The van der Waals surface area contributed by atoms with Crippen molar-refractivity contribution in [3.63, 3.8) is 0 Å². The second-order valence-electron chi connectivity index (χ2n) is 5.89. The number of amides is 2. The lowest BCUT2D eigenvalue weighted by molar-refractivity contribution is -0.139. The highest BCUT2D eigenvalue weighted by Crippen LogP contribution is 2.33. The minimum atomic E-state index is -0.614. The van der Waals surface area contributed by atoms with E-state index in [1.54, 1.807) is 11.3 Å². The Hall–Kier alpha value is -1.36. The first-order chi connectivity index (χ1) is 9.61. The van der Waals surface area contributed by atoms with Crippen molar-refractivity contribution in [1.82, 2.24) is 10.2 Å². The molecule has 1 aliphatic heterocycles. The summed E-state index contributed by atoms with van der Waals surface area (Å²) in [6.45, 7) is 3.23. The van der Waals surface area contributed by atoms with Gasteiger partial charge in [0.2, 0.25) is 11.8 Å². The SMILES string of the molecule is Cc1cscc1CN1CCC(=O)NC2(CCCC2)C1=O. The van der Waals surface area contributed by atoms with Crippen LogP contribution in [0, 0.1) is 6.92 Å². The van der Waals surface area contributed by atoms with E-state index in [4.69, 9.17) is 0 Å². The van der Waals surface area contributed by atoms with Crippen LogP contribution in [0.2, 0.25) is 0 Å². The lowest BCUT2D eigenvalue weighted by atomic mass is 9.95. The number of rotatable bonds is 2. The molecule has 2 heterocycles. The van der Waals surface area contributed by atoms with Crippen LogP contribution in [0.25, 0.3) is 0 Å². The van der Waals surface area contributed by atoms with E-state index in [1.807, 2.05) is 4.90 Å². The summed E-state index contributed by atoms with van der Waals surface area (Å²) in [6.07, 6.45) is 4.04. The third-order valence-corrected chi connectivity index (χ3v) is 5.37. The Morgan fingerprint density at radius 1 is 1.30 bits per heavy atom. The van der Waals surface area contributed by atoms with Crippen LogP contribution in [0.1, 0.15) is 43.2 Å². The number of hydrogen-bond donors (Lipinski definition) is 1. The van der Waals surface area contributed by atoms with E-state index in [0.717, 1.165) is 25.7 Å². The highest BCUT2D eigenvalue weighted by molar-refractivity contribution is 7.08. The average molecular weight is 292 g/mol. The number of hydrogen-bond acceptors (Lipinski definition) is 3. The van der Waals surface area contributed by atoms with Gasteiger partial charge in [-0.2, -0.15) is 11.3 Å². The molecule has 0 atom stereocenters. The molecule has 1 aromatic heterocycles. The van der Waals surface area contributed by atoms with Gasteiger partial charge in [-0.25, -0.2) is 0 Å². The molecular weight excluding hydrogens is 272 g/mol. The summed E-state index contributed by atoms with van der Waals surface area (Å²) in [4.78, 5) is 26.7. The standard InChI is InChI=1S/C15H20N2O2S/c1-11-9-20-10-12(11)8-17-7-4-13(18)16-15(14(17)19)5-2-3-6-15/h9-10H,2-8H2,1H3,(H,16,18). The minimum absolute atomic E-state index is 0.0183. The van der Waals surface area contributed by atoms with E-state index in [2.05, 4.69) is 23.0 Å². The lowest BCUT2D eigenvalue weighted by Gasteiger charge is -2.31. The maximum Gasteiger partial charge on any atom is 0.248 e. The molecule has 1 aliphatic carbocycles. The van der Waals surface area contributed by atoms with Gasteiger partial charge in [-0.05, 0) is 41.7 Å². The summed E-state index contributed by atoms with van der Waals surface area (Å²) in [5.74, 6) is 0.135. The molecule has 5 heteroatoms. The molecule has 0 aromatic carbocycles. The van der Waals surface area contributed by atoms with Gasteiger partial charge in [0.05, 0.1) is 0 Å². The monoisotopic (exact) mass is 292 g/mol. The highest BCUT2D eigenvalue weighted by Gasteiger charge is 2.46. The Balaban J connectivity index is 1.84. The number of nitrogens with zero attached hydrogens (tertiary/aromatic N) is 1. The Morgan fingerprint density at radius 3 is 2.70 bits per heavy atom. The first kappa shape index (κ1) is 13.6. The zero-order valence-corrected chi connectivity index (χ0v) is 12.6. The Kier molecular flexibility index (Phi) is 3.54. The van der Waals surface area contributed by atoms with Gasteiger partial charge in [0, 0.05) is 19.5 Å². The van der Waals surface area contributed by atoms with Crippen LogP contribution < -0.4 is 5.32 Å². The molecule has 1 saturated carbocycles. The highest BCUT2D eigenvalue weighted by atomic mass is 32.1. The van der Waals surface area contributed by atoms with Crippen LogP contribution >= 0.6 is 11.3 Å². The quantitative estimate of drug-likeness (QED) is 0.908. The molecule has 108 valence electrons. The van der Waals surface area contributed by atoms with E-state index in [-0.39, 0.29) is 11.8 Å². The maximum absolute atomic E-state index is 12.9. The maximum atomic E-state index is 12.9. The van der Waals surface area contributed by atoms with Crippen molar-refractivity contribution in [1.29, 1.82) is 0 Å². The molecule has 4 nitrogen and oxygen atoms in total.